The van der Waals surface area contributed by atoms with E-state index in [4.69, 9.17) is 4.74 Å². The molecular weight excluding hydrogens is 280 g/mol. The van der Waals surface area contributed by atoms with E-state index in [2.05, 4.69) is 21.9 Å². The maximum atomic E-state index is 12.5. The standard InChI is InChI=1S/C16H24N4O2/c1-3-7-19-9-5-13(6-10-19)17-15(21)14-12(2)16-20(18-14)8-4-11-22-16/h3,13H,1,4-11H2,2H3,(H,17,21). The van der Waals surface area contributed by atoms with E-state index < -0.39 is 0 Å². The third-order valence-electron chi connectivity index (χ3n) is 4.41. The summed E-state index contributed by atoms with van der Waals surface area (Å²) < 4.78 is 7.43. The van der Waals surface area contributed by atoms with Gasteiger partial charge >= 0.3 is 0 Å². The van der Waals surface area contributed by atoms with E-state index in [0.717, 1.165) is 56.9 Å². The summed E-state index contributed by atoms with van der Waals surface area (Å²) in [6.45, 7) is 10.1. The third kappa shape index (κ3) is 3.02. The predicted molar refractivity (Wildman–Crippen MR) is 84.2 cm³/mol. The molecule has 1 saturated heterocycles. The largest absolute Gasteiger partial charge is 0.478 e. The molecule has 1 fully saturated rings. The van der Waals surface area contributed by atoms with Crippen LogP contribution in [0.25, 0.3) is 0 Å². The summed E-state index contributed by atoms with van der Waals surface area (Å²) in [6, 6.07) is 0.229. The van der Waals surface area contributed by atoms with Crippen LogP contribution in [0.15, 0.2) is 12.7 Å². The van der Waals surface area contributed by atoms with E-state index in [1.54, 1.807) is 4.68 Å². The molecule has 1 aromatic heterocycles. The Kier molecular flexibility index (Phi) is 4.47. The molecule has 0 radical (unpaired) electrons. The van der Waals surface area contributed by atoms with Gasteiger partial charge in [0, 0.05) is 44.2 Å². The number of nitrogens with one attached hydrogen (secondary N) is 1. The summed E-state index contributed by atoms with van der Waals surface area (Å²) in [5, 5.41) is 7.54. The molecule has 3 heterocycles. The number of aryl methyl sites for hydroxylation is 1. The van der Waals surface area contributed by atoms with Crippen LogP contribution in [0.5, 0.6) is 5.88 Å². The number of likely N-dealkylation sites (tertiary alicyclic amines) is 1. The second-order valence-electron chi connectivity index (χ2n) is 6.04. The Balaban J connectivity index is 1.61. The molecule has 0 aliphatic carbocycles. The first-order chi connectivity index (χ1) is 10.7. The number of amides is 1. The predicted octanol–water partition coefficient (Wildman–Crippen LogP) is 1.35. The van der Waals surface area contributed by atoms with Gasteiger partial charge in [-0.15, -0.1) is 6.58 Å². The highest BCUT2D eigenvalue weighted by molar-refractivity contribution is 5.94. The molecule has 0 atom stereocenters. The van der Waals surface area contributed by atoms with Crippen molar-refractivity contribution in [1.29, 1.82) is 0 Å². The smallest absolute Gasteiger partial charge is 0.272 e. The number of hydrogen-bond acceptors (Lipinski definition) is 4. The molecule has 2 aliphatic rings. The van der Waals surface area contributed by atoms with Gasteiger partial charge in [-0.2, -0.15) is 5.10 Å². The molecule has 1 amide bonds. The summed E-state index contributed by atoms with van der Waals surface area (Å²) in [5.41, 5.74) is 1.35. The molecule has 0 aromatic carbocycles. The Labute approximate surface area is 131 Å². The van der Waals surface area contributed by atoms with Crippen LogP contribution in [0.3, 0.4) is 0 Å². The van der Waals surface area contributed by atoms with Gasteiger partial charge in [0.25, 0.3) is 5.91 Å². The molecule has 1 N–H and O–H groups in total. The zero-order valence-electron chi connectivity index (χ0n) is 13.2. The summed E-state index contributed by atoms with van der Waals surface area (Å²) in [6.07, 6.45) is 4.82. The van der Waals surface area contributed by atoms with Crippen molar-refractivity contribution in [3.63, 3.8) is 0 Å². The van der Waals surface area contributed by atoms with Crippen molar-refractivity contribution in [2.75, 3.05) is 26.2 Å². The SMILES string of the molecule is C=CCN1CCC(NC(=O)c2nn3c(c2C)OCCC3)CC1. The second-order valence-corrected chi connectivity index (χ2v) is 6.04. The van der Waals surface area contributed by atoms with Gasteiger partial charge in [0.05, 0.1) is 6.61 Å². The van der Waals surface area contributed by atoms with E-state index >= 15 is 0 Å². The first-order valence-corrected chi connectivity index (χ1v) is 8.03. The topological polar surface area (TPSA) is 59.4 Å². The second kappa shape index (κ2) is 6.52. The maximum absolute atomic E-state index is 12.5. The highest BCUT2D eigenvalue weighted by Crippen LogP contribution is 2.25. The molecule has 2 aliphatic heterocycles. The van der Waals surface area contributed by atoms with Crippen LogP contribution < -0.4 is 10.1 Å². The fourth-order valence-electron chi connectivity index (χ4n) is 3.17. The number of ether oxygens (including phenoxy) is 1. The van der Waals surface area contributed by atoms with Gasteiger partial charge in [-0.05, 0) is 19.8 Å². The number of aromatic nitrogens is 2. The minimum absolute atomic E-state index is 0.0785. The van der Waals surface area contributed by atoms with Crippen LogP contribution in [0, 0.1) is 6.92 Å². The van der Waals surface area contributed by atoms with Crippen molar-refractivity contribution in [2.45, 2.75) is 38.8 Å². The lowest BCUT2D eigenvalue weighted by molar-refractivity contribution is 0.0907. The molecule has 1 aromatic rings. The normalized spacial score (nSPS) is 19.3. The first kappa shape index (κ1) is 15.1. The van der Waals surface area contributed by atoms with Gasteiger partial charge in [-0.3, -0.25) is 9.69 Å². The lowest BCUT2D eigenvalue weighted by Crippen LogP contribution is -2.44. The molecule has 0 bridgehead atoms. The van der Waals surface area contributed by atoms with Crippen LogP contribution in [0.4, 0.5) is 0 Å². The van der Waals surface area contributed by atoms with Crippen molar-refractivity contribution in [1.82, 2.24) is 20.0 Å². The van der Waals surface area contributed by atoms with E-state index in [0.29, 0.717) is 12.3 Å². The summed E-state index contributed by atoms with van der Waals surface area (Å²) in [4.78, 5) is 14.8. The average Bonchev–Trinajstić information content (AvgIpc) is 2.87. The van der Waals surface area contributed by atoms with Gasteiger partial charge in [0.2, 0.25) is 5.88 Å². The van der Waals surface area contributed by atoms with Crippen LogP contribution in [0.2, 0.25) is 0 Å². The molecule has 6 nitrogen and oxygen atoms in total. The highest BCUT2D eigenvalue weighted by atomic mass is 16.5. The number of hydrogen-bond donors (Lipinski definition) is 1. The Morgan fingerprint density at radius 1 is 1.45 bits per heavy atom. The zero-order valence-corrected chi connectivity index (χ0v) is 13.2. The van der Waals surface area contributed by atoms with E-state index in [-0.39, 0.29) is 11.9 Å². The number of piperidine rings is 1. The van der Waals surface area contributed by atoms with Crippen molar-refractivity contribution in [3.8, 4) is 5.88 Å². The lowest BCUT2D eigenvalue weighted by atomic mass is 10.0. The highest BCUT2D eigenvalue weighted by Gasteiger charge is 2.26. The number of rotatable bonds is 4. The number of nitrogens with zero attached hydrogens (tertiary/aromatic N) is 3. The van der Waals surface area contributed by atoms with Crippen LogP contribution in [0.1, 0.15) is 35.3 Å². The minimum Gasteiger partial charge on any atom is -0.478 e. The summed E-state index contributed by atoms with van der Waals surface area (Å²) in [7, 11) is 0. The Morgan fingerprint density at radius 2 is 2.23 bits per heavy atom. The van der Waals surface area contributed by atoms with E-state index in [1.807, 2.05) is 13.0 Å². The van der Waals surface area contributed by atoms with Crippen LogP contribution in [-0.2, 0) is 6.54 Å². The van der Waals surface area contributed by atoms with Crippen LogP contribution in [-0.4, -0.2) is 52.9 Å². The average molecular weight is 304 g/mol. The fourth-order valence-corrected chi connectivity index (χ4v) is 3.17. The number of carbonyl (C=O) groups excluding carboxylic acids is 1. The van der Waals surface area contributed by atoms with Crippen molar-refractivity contribution in [2.24, 2.45) is 0 Å². The van der Waals surface area contributed by atoms with Crippen molar-refractivity contribution < 1.29 is 9.53 Å². The Bertz CT molecular complexity index is 559. The first-order valence-electron chi connectivity index (χ1n) is 8.03. The quantitative estimate of drug-likeness (QED) is 0.853. The summed E-state index contributed by atoms with van der Waals surface area (Å²) >= 11 is 0. The molecule has 22 heavy (non-hydrogen) atoms. The monoisotopic (exact) mass is 304 g/mol. The fraction of sp³-hybridized carbons (Fsp3) is 0.625. The van der Waals surface area contributed by atoms with E-state index in [1.165, 1.54) is 0 Å². The van der Waals surface area contributed by atoms with Gasteiger partial charge in [0.1, 0.15) is 0 Å². The van der Waals surface area contributed by atoms with Crippen LogP contribution >= 0.6 is 0 Å². The molecule has 0 saturated carbocycles. The molecule has 6 heteroatoms. The molecule has 120 valence electrons. The Hall–Kier alpha value is -1.82. The molecular formula is C16H24N4O2. The molecule has 0 unspecified atom stereocenters. The molecule has 0 spiro atoms. The minimum atomic E-state index is -0.0785. The maximum Gasteiger partial charge on any atom is 0.272 e. The van der Waals surface area contributed by atoms with Crippen molar-refractivity contribution >= 4 is 5.91 Å². The van der Waals surface area contributed by atoms with Gasteiger partial charge < -0.3 is 10.1 Å². The van der Waals surface area contributed by atoms with Gasteiger partial charge in [-0.25, -0.2) is 4.68 Å². The third-order valence-corrected chi connectivity index (χ3v) is 4.41. The Morgan fingerprint density at radius 3 is 2.91 bits per heavy atom. The van der Waals surface area contributed by atoms with Gasteiger partial charge in [0.15, 0.2) is 5.69 Å². The molecule has 3 rings (SSSR count). The zero-order chi connectivity index (χ0) is 15.5. The lowest BCUT2D eigenvalue weighted by Gasteiger charge is -2.31. The number of fused-ring (bicyclic) bond motifs is 1. The summed E-state index contributed by atoms with van der Waals surface area (Å²) in [5.74, 6) is 0.669. The van der Waals surface area contributed by atoms with Gasteiger partial charge in [-0.1, -0.05) is 6.08 Å². The van der Waals surface area contributed by atoms with E-state index in [9.17, 15) is 4.79 Å². The number of carbonyl (C=O) groups is 1. The van der Waals surface area contributed by atoms with Crippen molar-refractivity contribution in [3.05, 3.63) is 23.9 Å².